The van der Waals surface area contributed by atoms with Gasteiger partial charge in [-0.05, 0) is 89.9 Å². The first-order valence-corrected chi connectivity index (χ1v) is 15.2. The highest BCUT2D eigenvalue weighted by Gasteiger charge is 2.58. The summed E-state index contributed by atoms with van der Waals surface area (Å²) >= 11 is 0. The molecule has 5 aliphatic rings. The van der Waals surface area contributed by atoms with Crippen LogP contribution in [0.15, 0.2) is 12.7 Å². The van der Waals surface area contributed by atoms with E-state index in [1.807, 2.05) is 25.7 Å². The van der Waals surface area contributed by atoms with Crippen LogP contribution in [0.2, 0.25) is 0 Å². The zero-order chi connectivity index (χ0) is 29.8. The number of ether oxygens (including phenoxy) is 2. The Kier molecular flexibility index (Phi) is 7.29. The summed E-state index contributed by atoms with van der Waals surface area (Å²) in [5, 5.41) is 9.40. The molecule has 1 atom stereocenters. The monoisotopic (exact) mass is 582 g/mol. The summed E-state index contributed by atoms with van der Waals surface area (Å²) in [4.78, 5) is 56.5. The molecule has 4 bridgehead atoms. The lowest BCUT2D eigenvalue weighted by atomic mass is 9.52. The van der Waals surface area contributed by atoms with E-state index in [1.165, 1.54) is 32.7 Å². The van der Waals surface area contributed by atoms with Gasteiger partial charge in [-0.2, -0.15) is 0 Å². The minimum Gasteiger partial charge on any atom is -0.481 e. The first-order valence-electron chi connectivity index (χ1n) is 15.2. The number of nitrogens with zero attached hydrogens (tertiary/aromatic N) is 6. The number of carboxylic acid groups (broad SMARTS) is 1. The summed E-state index contributed by atoms with van der Waals surface area (Å²) < 4.78 is 13.1. The van der Waals surface area contributed by atoms with Gasteiger partial charge in [-0.3, -0.25) is 9.69 Å². The summed E-state index contributed by atoms with van der Waals surface area (Å²) in [6, 6.07) is -0.935. The minimum atomic E-state index is -0.935. The van der Waals surface area contributed by atoms with Gasteiger partial charge >= 0.3 is 18.0 Å². The van der Waals surface area contributed by atoms with Gasteiger partial charge in [0.25, 0.3) is 0 Å². The van der Waals surface area contributed by atoms with E-state index >= 15 is 0 Å². The number of carboxylic acids is 1. The van der Waals surface area contributed by atoms with Crippen molar-refractivity contribution in [1.82, 2.24) is 24.4 Å². The Hall–Kier alpha value is -3.44. The molecule has 7 rings (SSSR count). The molecule has 0 spiro atoms. The zero-order valence-corrected chi connectivity index (χ0v) is 25.0. The van der Waals surface area contributed by atoms with Crippen LogP contribution in [0.5, 0.6) is 0 Å². The molecule has 0 unspecified atom stereocenters. The topological polar surface area (TPSA) is 140 Å². The van der Waals surface area contributed by atoms with Crippen LogP contribution in [-0.4, -0.2) is 84.9 Å². The van der Waals surface area contributed by atoms with Gasteiger partial charge in [-0.1, -0.05) is 0 Å². The van der Waals surface area contributed by atoms with Crippen LogP contribution in [0.4, 0.5) is 10.6 Å². The molecule has 0 aromatic carbocycles. The molecule has 2 aromatic heterocycles. The highest BCUT2D eigenvalue weighted by Crippen LogP contribution is 2.58. The largest absolute Gasteiger partial charge is 0.481 e. The van der Waals surface area contributed by atoms with Crippen molar-refractivity contribution in [3.8, 4) is 0 Å². The molecule has 4 saturated carbocycles. The SMILES string of the molecule is COC(=O)N([C@@H](Cn1cnc2c(N3CCC(C(=O)O)CC3)ncnc21)C(=O)OC(C)(C)C)C12CC3CC(CC(C3)C1)C2. The maximum atomic E-state index is 14.0. The number of piperidine rings is 1. The van der Waals surface area contributed by atoms with Gasteiger partial charge in [0.1, 0.15) is 11.9 Å². The molecule has 2 aromatic rings. The Morgan fingerprint density at radius 2 is 1.67 bits per heavy atom. The fourth-order valence-corrected chi connectivity index (χ4v) is 8.50. The van der Waals surface area contributed by atoms with Crippen LogP contribution in [0.3, 0.4) is 0 Å². The Morgan fingerprint density at radius 1 is 1.05 bits per heavy atom. The van der Waals surface area contributed by atoms with Crippen molar-refractivity contribution in [2.45, 2.75) is 95.9 Å². The number of fused-ring (bicyclic) bond motifs is 1. The van der Waals surface area contributed by atoms with Gasteiger partial charge in [0.2, 0.25) is 0 Å². The number of esters is 1. The van der Waals surface area contributed by atoms with Crippen molar-refractivity contribution >= 4 is 35.0 Å². The number of aliphatic carboxylic acids is 1. The Labute approximate surface area is 245 Å². The van der Waals surface area contributed by atoms with Crippen molar-refractivity contribution in [3.05, 3.63) is 12.7 Å². The van der Waals surface area contributed by atoms with Crippen LogP contribution >= 0.6 is 0 Å². The molecule has 0 radical (unpaired) electrons. The summed E-state index contributed by atoms with van der Waals surface area (Å²) in [6.07, 6.45) is 9.86. The van der Waals surface area contributed by atoms with E-state index in [0.29, 0.717) is 60.7 Å². The highest BCUT2D eigenvalue weighted by atomic mass is 16.6. The first kappa shape index (κ1) is 28.7. The molecule has 228 valence electrons. The maximum absolute atomic E-state index is 14.0. The second-order valence-corrected chi connectivity index (χ2v) is 13.9. The molecule has 5 fully saturated rings. The maximum Gasteiger partial charge on any atom is 0.410 e. The van der Waals surface area contributed by atoms with Crippen molar-refractivity contribution in [2.75, 3.05) is 25.1 Å². The van der Waals surface area contributed by atoms with E-state index in [2.05, 4.69) is 15.0 Å². The molecule has 12 heteroatoms. The number of anilines is 1. The lowest BCUT2D eigenvalue weighted by Gasteiger charge is -2.60. The Morgan fingerprint density at radius 3 is 2.21 bits per heavy atom. The van der Waals surface area contributed by atoms with Gasteiger partial charge in [0.05, 0.1) is 25.9 Å². The van der Waals surface area contributed by atoms with Crippen molar-refractivity contribution < 1.29 is 29.0 Å². The fraction of sp³-hybridized carbons (Fsp3) is 0.733. The standard InChI is InChI=1S/C30H42N6O6/c1-29(2,3)42-27(39)22(36(28(40)41-4)30-12-18-9-19(13-30)11-20(10-18)14-30)15-35-17-33-23-24(31-16-32-25(23)35)34-7-5-21(6-8-34)26(37)38/h16-22H,5-15H2,1-4H3,(H,37,38)/t18?,19?,20?,22-,30?/m0/s1. The van der Waals surface area contributed by atoms with E-state index in [4.69, 9.17) is 9.47 Å². The van der Waals surface area contributed by atoms with Gasteiger partial charge in [-0.15, -0.1) is 0 Å². The van der Waals surface area contributed by atoms with Crippen LogP contribution in [0, 0.1) is 23.7 Å². The number of hydrogen-bond acceptors (Lipinski definition) is 9. The quantitative estimate of drug-likeness (QED) is 0.478. The summed E-state index contributed by atoms with van der Waals surface area (Å²) in [7, 11) is 1.38. The second-order valence-electron chi connectivity index (χ2n) is 13.9. The van der Waals surface area contributed by atoms with Crippen LogP contribution in [0.25, 0.3) is 11.2 Å². The molecular weight excluding hydrogens is 540 g/mol. The third-order valence-electron chi connectivity index (χ3n) is 9.77. The van der Waals surface area contributed by atoms with E-state index in [0.717, 1.165) is 19.3 Å². The second kappa shape index (κ2) is 10.7. The Balaban J connectivity index is 1.35. The smallest absolute Gasteiger partial charge is 0.410 e. The number of carbonyl (C=O) groups excluding carboxylic acids is 2. The number of methoxy groups -OCH3 is 1. The molecule has 1 saturated heterocycles. The van der Waals surface area contributed by atoms with E-state index in [-0.39, 0.29) is 12.5 Å². The van der Waals surface area contributed by atoms with Gasteiger partial charge in [0, 0.05) is 18.6 Å². The van der Waals surface area contributed by atoms with E-state index in [9.17, 15) is 19.5 Å². The van der Waals surface area contributed by atoms with Crippen molar-refractivity contribution in [2.24, 2.45) is 23.7 Å². The molecule has 4 aliphatic carbocycles. The van der Waals surface area contributed by atoms with E-state index < -0.39 is 35.2 Å². The van der Waals surface area contributed by atoms with E-state index in [1.54, 1.807) is 15.8 Å². The highest BCUT2D eigenvalue weighted by molar-refractivity contribution is 5.85. The minimum absolute atomic E-state index is 0.111. The third kappa shape index (κ3) is 5.28. The number of hydrogen-bond donors (Lipinski definition) is 1. The fourth-order valence-electron chi connectivity index (χ4n) is 8.50. The molecule has 3 heterocycles. The lowest BCUT2D eigenvalue weighted by molar-refractivity contribution is -0.169. The van der Waals surface area contributed by atoms with Crippen LogP contribution in [-0.2, 0) is 25.6 Å². The summed E-state index contributed by atoms with van der Waals surface area (Å²) in [5.74, 6) is 0.693. The average molecular weight is 583 g/mol. The molecule has 1 N–H and O–H groups in total. The third-order valence-corrected chi connectivity index (χ3v) is 9.77. The van der Waals surface area contributed by atoms with Crippen LogP contribution in [0.1, 0.15) is 72.1 Å². The Bertz CT molecular complexity index is 1320. The average Bonchev–Trinajstić information content (AvgIpc) is 3.33. The number of rotatable bonds is 7. The van der Waals surface area contributed by atoms with Gasteiger partial charge < -0.3 is 24.0 Å². The number of aromatic nitrogens is 4. The lowest BCUT2D eigenvalue weighted by Crippen LogP contribution is -2.66. The molecule has 1 aliphatic heterocycles. The van der Waals surface area contributed by atoms with Crippen molar-refractivity contribution in [1.29, 1.82) is 0 Å². The number of imidazole rings is 1. The molecule has 42 heavy (non-hydrogen) atoms. The normalized spacial score (nSPS) is 28.1. The van der Waals surface area contributed by atoms with Gasteiger partial charge in [0.15, 0.2) is 23.0 Å². The predicted molar refractivity (Wildman–Crippen MR) is 153 cm³/mol. The van der Waals surface area contributed by atoms with Crippen LogP contribution < -0.4 is 4.90 Å². The summed E-state index contributed by atoms with van der Waals surface area (Å²) in [6.45, 7) is 6.70. The number of carbonyl (C=O) groups is 3. The number of amides is 1. The predicted octanol–water partition coefficient (Wildman–Crippen LogP) is 3.87. The summed E-state index contributed by atoms with van der Waals surface area (Å²) in [5.41, 5.74) is -0.0700. The molecule has 12 nitrogen and oxygen atoms in total. The van der Waals surface area contributed by atoms with Gasteiger partial charge in [-0.25, -0.2) is 24.5 Å². The first-order chi connectivity index (χ1) is 20.0. The zero-order valence-electron chi connectivity index (χ0n) is 25.0. The molecular formula is C30H42N6O6. The van der Waals surface area contributed by atoms with Crippen molar-refractivity contribution in [3.63, 3.8) is 0 Å². The molecule has 1 amide bonds.